The normalized spacial score (nSPS) is 17.3. The molecule has 0 bridgehead atoms. The lowest BCUT2D eigenvalue weighted by Crippen LogP contribution is -2.62. The third kappa shape index (κ3) is 7.52. The van der Waals surface area contributed by atoms with Gasteiger partial charge in [-0.1, -0.05) is 179 Å². The minimum Gasteiger partial charge on any atom is -0.311 e. The Morgan fingerprint density at radius 3 is 1.48 bits per heavy atom. The number of benzene rings is 8. The van der Waals surface area contributed by atoms with Gasteiger partial charge in [-0.25, -0.2) is 0 Å². The summed E-state index contributed by atoms with van der Waals surface area (Å²) in [6.07, 6.45) is 3.42. The van der Waals surface area contributed by atoms with Crippen molar-refractivity contribution in [3.8, 4) is 11.1 Å². The lowest BCUT2D eigenvalue weighted by molar-refractivity contribution is 0.332. The number of fused-ring (bicyclic) bond motifs is 6. The topological polar surface area (TPSA) is 9.72 Å². The molecular weight excluding hydrogens is 882 g/mol. The van der Waals surface area contributed by atoms with Crippen LogP contribution < -0.4 is 31.1 Å². The molecule has 8 aromatic carbocycles. The number of rotatable bonds is 6. The van der Waals surface area contributed by atoms with Gasteiger partial charge in [0.15, 0.2) is 0 Å². The highest BCUT2D eigenvalue weighted by Gasteiger charge is 2.49. The molecule has 0 saturated carbocycles. The van der Waals surface area contributed by atoms with Crippen molar-refractivity contribution in [3.63, 3.8) is 0 Å². The van der Waals surface area contributed by atoms with E-state index in [0.29, 0.717) is 0 Å². The van der Waals surface area contributed by atoms with E-state index in [1.807, 2.05) is 0 Å². The third-order valence-corrected chi connectivity index (χ3v) is 17.7. The molecule has 0 N–H and O–H groups in total. The van der Waals surface area contributed by atoms with Gasteiger partial charge >= 0.3 is 0 Å². The molecule has 73 heavy (non-hydrogen) atoms. The Hall–Kier alpha value is -6.78. The van der Waals surface area contributed by atoms with E-state index in [4.69, 9.17) is 0 Å². The summed E-state index contributed by atoms with van der Waals surface area (Å²) < 4.78 is 0. The molecule has 4 heteroatoms. The predicted molar refractivity (Wildman–Crippen MR) is 315 cm³/mol. The molecule has 0 aromatic heterocycles. The zero-order valence-electron chi connectivity index (χ0n) is 45.6. The first-order valence-electron chi connectivity index (χ1n) is 27.0. The summed E-state index contributed by atoms with van der Waals surface area (Å²) in [6.45, 7) is 31.5. The summed E-state index contributed by atoms with van der Waals surface area (Å²) >= 11 is 0. The molecule has 366 valence electrons. The van der Waals surface area contributed by atoms with E-state index in [2.05, 4.69) is 269 Å². The number of hydrogen-bond donors (Lipinski definition) is 0. The second kappa shape index (κ2) is 16.4. The van der Waals surface area contributed by atoms with Crippen molar-refractivity contribution >= 4 is 74.3 Å². The van der Waals surface area contributed by atoms with Crippen molar-refractivity contribution in [2.75, 3.05) is 14.7 Å². The highest BCUT2D eigenvalue weighted by molar-refractivity contribution is 7.00. The molecule has 4 aliphatic rings. The van der Waals surface area contributed by atoms with Gasteiger partial charge in [0.25, 0.3) is 6.71 Å². The first-order valence-corrected chi connectivity index (χ1v) is 27.0. The van der Waals surface area contributed by atoms with E-state index >= 15 is 0 Å². The van der Waals surface area contributed by atoms with Crippen LogP contribution in [0.2, 0.25) is 0 Å². The van der Waals surface area contributed by atoms with Crippen molar-refractivity contribution in [1.29, 1.82) is 0 Å². The van der Waals surface area contributed by atoms with Crippen molar-refractivity contribution in [2.45, 2.75) is 136 Å². The highest BCUT2D eigenvalue weighted by Crippen LogP contribution is 2.56. The van der Waals surface area contributed by atoms with Crippen LogP contribution in [-0.4, -0.2) is 6.71 Å². The Morgan fingerprint density at radius 1 is 0.411 bits per heavy atom. The van der Waals surface area contributed by atoms with Gasteiger partial charge in [0.05, 0.1) is 5.69 Å². The van der Waals surface area contributed by atoms with Crippen molar-refractivity contribution in [1.82, 2.24) is 0 Å². The average molecular weight is 954 g/mol. The molecule has 0 radical (unpaired) electrons. The Labute approximate surface area is 437 Å². The SMILES string of the molecule is Cc1ccc(C(C)(C)C)cc1N1c2cc(-c3ccccc3)ccc2B2c3cc4c(cc3N(c3cc5c(cc3C)C(C)(C)CC5(C)C)c3cc(N(c5ccccc5)c5ccccc5)cc1c32)C(C)(C)CCC4(C)C. The van der Waals surface area contributed by atoms with Crippen molar-refractivity contribution < 1.29 is 0 Å². The van der Waals surface area contributed by atoms with Crippen molar-refractivity contribution in [3.05, 3.63) is 203 Å². The van der Waals surface area contributed by atoms with Gasteiger partial charge in [-0.2, -0.15) is 0 Å². The maximum Gasteiger partial charge on any atom is 0.252 e. The van der Waals surface area contributed by atoms with E-state index < -0.39 is 0 Å². The zero-order chi connectivity index (χ0) is 51.1. The van der Waals surface area contributed by atoms with Crippen LogP contribution in [0.5, 0.6) is 0 Å². The number of para-hydroxylation sites is 2. The van der Waals surface area contributed by atoms with E-state index in [0.717, 1.165) is 36.3 Å². The van der Waals surface area contributed by atoms with E-state index in [1.54, 1.807) is 0 Å². The molecular formula is C69H72BN3. The first kappa shape index (κ1) is 47.2. The maximum absolute atomic E-state index is 2.73. The fourth-order valence-corrected chi connectivity index (χ4v) is 13.8. The van der Waals surface area contributed by atoms with Crippen molar-refractivity contribution in [2.24, 2.45) is 0 Å². The summed E-state index contributed by atoms with van der Waals surface area (Å²) in [5, 5.41) is 0. The van der Waals surface area contributed by atoms with Crippen LogP contribution in [0.3, 0.4) is 0 Å². The van der Waals surface area contributed by atoms with Crippen LogP contribution in [0.1, 0.15) is 134 Å². The molecule has 0 unspecified atom stereocenters. The van der Waals surface area contributed by atoms with E-state index in [9.17, 15) is 0 Å². The molecule has 0 atom stereocenters. The fourth-order valence-electron chi connectivity index (χ4n) is 13.8. The second-order valence-corrected chi connectivity index (χ2v) is 25.8. The Balaban J connectivity index is 1.27. The van der Waals surface area contributed by atoms with Gasteiger partial charge in [-0.3, -0.25) is 0 Å². The Morgan fingerprint density at radius 2 is 0.904 bits per heavy atom. The molecule has 3 nitrogen and oxygen atoms in total. The smallest absolute Gasteiger partial charge is 0.252 e. The summed E-state index contributed by atoms with van der Waals surface area (Å²) in [4.78, 5) is 7.87. The van der Waals surface area contributed by atoms with E-state index in [1.165, 1.54) is 101 Å². The van der Waals surface area contributed by atoms with Gasteiger partial charge in [0.1, 0.15) is 0 Å². The van der Waals surface area contributed by atoms with Crippen LogP contribution >= 0.6 is 0 Å². The summed E-state index contributed by atoms with van der Waals surface area (Å²) in [7, 11) is 0. The molecule has 2 aliphatic heterocycles. The average Bonchev–Trinajstić information content (AvgIpc) is 3.54. The first-order chi connectivity index (χ1) is 34.6. The molecule has 0 amide bonds. The molecule has 0 spiro atoms. The minimum atomic E-state index is -0.0585. The predicted octanol–water partition coefficient (Wildman–Crippen LogP) is 17.1. The number of hydrogen-bond acceptors (Lipinski definition) is 3. The maximum atomic E-state index is 2.73. The zero-order valence-corrected chi connectivity index (χ0v) is 45.6. The highest BCUT2D eigenvalue weighted by atomic mass is 15.2. The van der Waals surface area contributed by atoms with Crippen LogP contribution in [0, 0.1) is 13.8 Å². The van der Waals surface area contributed by atoms with Gasteiger partial charge < -0.3 is 14.7 Å². The molecule has 0 saturated heterocycles. The summed E-state index contributed by atoms with van der Waals surface area (Å²) in [5.74, 6) is 0. The van der Waals surface area contributed by atoms with Crippen LogP contribution in [-0.2, 0) is 27.1 Å². The van der Waals surface area contributed by atoms with E-state index in [-0.39, 0.29) is 33.8 Å². The van der Waals surface area contributed by atoms with Crippen LogP contribution in [0.25, 0.3) is 11.1 Å². The molecule has 0 fully saturated rings. The lowest BCUT2D eigenvalue weighted by atomic mass is 9.33. The monoisotopic (exact) mass is 954 g/mol. The van der Waals surface area contributed by atoms with Gasteiger partial charge in [-0.05, 0) is 187 Å². The Kier molecular flexibility index (Phi) is 10.6. The Bertz CT molecular complexity index is 3460. The minimum absolute atomic E-state index is 0.0106. The largest absolute Gasteiger partial charge is 0.311 e. The van der Waals surface area contributed by atoms with Crippen LogP contribution in [0.15, 0.2) is 164 Å². The number of aryl methyl sites for hydroxylation is 2. The van der Waals surface area contributed by atoms with Gasteiger partial charge in [0, 0.05) is 45.5 Å². The number of anilines is 9. The molecule has 8 aromatic rings. The van der Waals surface area contributed by atoms with Gasteiger partial charge in [0.2, 0.25) is 0 Å². The van der Waals surface area contributed by atoms with Crippen LogP contribution in [0.4, 0.5) is 51.2 Å². The molecule has 2 heterocycles. The number of nitrogens with zero attached hydrogens (tertiary/aromatic N) is 3. The standard InChI is InChI=1S/C69H72BN3/c1-44-29-31-48(65(3,4)5)37-58(44)72-60-36-47(46-23-17-14-18-24-46)30-32-56(60)70-57-40-53-54(67(8,9)34-33-66(53,6)7)42-61(57)73(59-41-55-52(35-45(59)2)68(10,11)43-69(55,12)13)63-39-51(38-62(72)64(63)70)71(49-25-19-15-20-26-49)50-27-21-16-22-28-50/h14-32,35-42H,33-34,43H2,1-13H3. The van der Waals surface area contributed by atoms with Gasteiger partial charge in [-0.15, -0.1) is 0 Å². The summed E-state index contributed by atoms with van der Waals surface area (Å²) in [5.41, 5.74) is 27.2. The molecule has 2 aliphatic carbocycles. The third-order valence-electron chi connectivity index (χ3n) is 17.7. The molecule has 12 rings (SSSR count). The second-order valence-electron chi connectivity index (χ2n) is 25.8. The fraction of sp³-hybridized carbons (Fsp3) is 0.304. The lowest BCUT2D eigenvalue weighted by Gasteiger charge is -2.48. The quantitative estimate of drug-likeness (QED) is 0.154. The summed E-state index contributed by atoms with van der Waals surface area (Å²) in [6, 6.07) is 63.1.